The van der Waals surface area contributed by atoms with Gasteiger partial charge in [0.25, 0.3) is 5.82 Å². The fraction of sp³-hybridized carbons (Fsp3) is 0.182. The maximum Gasteiger partial charge on any atom is 0.453 e. The molecule has 0 bridgehead atoms. The van der Waals surface area contributed by atoms with E-state index >= 15 is 0 Å². The van der Waals surface area contributed by atoms with Crippen LogP contribution in [0.25, 0.3) is 0 Å². The molecule has 0 fully saturated rings. The van der Waals surface area contributed by atoms with E-state index in [4.69, 9.17) is 0 Å². The monoisotopic (exact) mass is 320 g/mol. The van der Waals surface area contributed by atoms with E-state index in [2.05, 4.69) is 15.3 Å². The van der Waals surface area contributed by atoms with Crippen molar-refractivity contribution in [1.29, 1.82) is 0 Å². The Morgan fingerprint density at radius 1 is 1.10 bits per heavy atom. The minimum absolute atomic E-state index is 0.00587. The van der Waals surface area contributed by atoms with E-state index in [1.807, 2.05) is 0 Å². The standard InChI is InChI=1S/C11H5F5N4S/c12-6-2-1-5(3-7(6)13)8-4-21-10-18-17-9(11(14,15)16)20(10)19-8/h1-3H,4H2. The molecule has 3 rings (SSSR count). The first-order valence-corrected chi connectivity index (χ1v) is 6.53. The molecule has 0 saturated heterocycles. The molecule has 110 valence electrons. The molecule has 0 spiro atoms. The van der Waals surface area contributed by atoms with E-state index in [9.17, 15) is 22.0 Å². The molecule has 2 aromatic rings. The minimum Gasteiger partial charge on any atom is -0.204 e. The first-order valence-electron chi connectivity index (χ1n) is 5.55. The first kappa shape index (κ1) is 14.0. The van der Waals surface area contributed by atoms with Crippen molar-refractivity contribution in [2.24, 2.45) is 5.10 Å². The first-order chi connectivity index (χ1) is 9.86. The molecule has 0 aliphatic carbocycles. The third-order valence-electron chi connectivity index (χ3n) is 2.68. The van der Waals surface area contributed by atoms with Gasteiger partial charge >= 0.3 is 6.18 Å². The number of aromatic nitrogens is 3. The van der Waals surface area contributed by atoms with Crippen LogP contribution in [0, 0.1) is 11.6 Å². The molecule has 21 heavy (non-hydrogen) atoms. The summed E-state index contributed by atoms with van der Waals surface area (Å²) < 4.78 is 64.9. The van der Waals surface area contributed by atoms with Gasteiger partial charge in [-0.05, 0) is 18.2 Å². The summed E-state index contributed by atoms with van der Waals surface area (Å²) >= 11 is 0.981. The minimum atomic E-state index is -4.70. The van der Waals surface area contributed by atoms with Gasteiger partial charge in [-0.2, -0.15) is 22.9 Å². The lowest BCUT2D eigenvalue weighted by atomic mass is 10.1. The van der Waals surface area contributed by atoms with Gasteiger partial charge in [-0.25, -0.2) is 8.78 Å². The number of hydrogen-bond donors (Lipinski definition) is 0. The van der Waals surface area contributed by atoms with Gasteiger partial charge < -0.3 is 0 Å². The average Bonchev–Trinajstić information content (AvgIpc) is 2.84. The Morgan fingerprint density at radius 2 is 1.86 bits per heavy atom. The molecule has 1 aromatic heterocycles. The van der Waals surface area contributed by atoms with Crippen LogP contribution in [-0.2, 0) is 6.18 Å². The van der Waals surface area contributed by atoms with Crippen molar-refractivity contribution in [2.75, 3.05) is 5.75 Å². The number of thioether (sulfide) groups is 1. The van der Waals surface area contributed by atoms with Crippen LogP contribution >= 0.6 is 11.8 Å². The highest BCUT2D eigenvalue weighted by Gasteiger charge is 2.39. The van der Waals surface area contributed by atoms with Crippen molar-refractivity contribution >= 4 is 17.5 Å². The number of hydrogen-bond acceptors (Lipinski definition) is 4. The maximum absolute atomic E-state index is 13.2. The van der Waals surface area contributed by atoms with Crippen LogP contribution in [0.5, 0.6) is 0 Å². The highest BCUT2D eigenvalue weighted by molar-refractivity contribution is 7.99. The molecular weight excluding hydrogens is 315 g/mol. The largest absolute Gasteiger partial charge is 0.453 e. The van der Waals surface area contributed by atoms with E-state index in [0.717, 1.165) is 23.9 Å². The third kappa shape index (κ3) is 2.50. The van der Waals surface area contributed by atoms with Crippen LogP contribution in [0.4, 0.5) is 22.0 Å². The summed E-state index contributed by atoms with van der Waals surface area (Å²) in [5.41, 5.74) is 0.380. The Labute approximate surface area is 118 Å². The van der Waals surface area contributed by atoms with Crippen LogP contribution in [0.2, 0.25) is 0 Å². The van der Waals surface area contributed by atoms with Crippen LogP contribution in [0.1, 0.15) is 11.4 Å². The SMILES string of the molecule is Fc1ccc(C2=Nn3c(nnc3C(F)(F)F)SC2)cc1F. The number of alkyl halides is 3. The van der Waals surface area contributed by atoms with Crippen molar-refractivity contribution < 1.29 is 22.0 Å². The summed E-state index contributed by atoms with van der Waals surface area (Å²) in [5.74, 6) is -3.21. The Balaban J connectivity index is 2.07. The number of fused-ring (bicyclic) bond motifs is 1. The molecule has 1 aliphatic rings. The molecule has 0 atom stereocenters. The topological polar surface area (TPSA) is 43.1 Å². The molecule has 0 saturated carbocycles. The second kappa shape index (κ2) is 4.79. The summed E-state index contributed by atoms with van der Waals surface area (Å²) in [7, 11) is 0. The maximum atomic E-state index is 13.2. The molecule has 4 nitrogen and oxygen atoms in total. The lowest BCUT2D eigenvalue weighted by Gasteiger charge is -2.14. The Kier molecular flexibility index (Phi) is 3.19. The second-order valence-electron chi connectivity index (χ2n) is 4.08. The lowest BCUT2D eigenvalue weighted by Crippen LogP contribution is -2.19. The van der Waals surface area contributed by atoms with Gasteiger partial charge in [-0.1, -0.05) is 11.8 Å². The summed E-state index contributed by atoms with van der Waals surface area (Å²) in [6.45, 7) is 0. The van der Waals surface area contributed by atoms with Gasteiger partial charge in [0.05, 0.1) is 5.71 Å². The molecule has 2 heterocycles. The number of benzene rings is 1. The van der Waals surface area contributed by atoms with Crippen LogP contribution in [0.15, 0.2) is 28.5 Å². The van der Waals surface area contributed by atoms with E-state index in [1.165, 1.54) is 6.07 Å². The predicted octanol–water partition coefficient (Wildman–Crippen LogP) is 2.93. The highest BCUT2D eigenvalue weighted by atomic mass is 32.2. The van der Waals surface area contributed by atoms with Gasteiger partial charge in [0.15, 0.2) is 11.6 Å². The average molecular weight is 320 g/mol. The molecule has 0 unspecified atom stereocenters. The van der Waals surface area contributed by atoms with Crippen molar-refractivity contribution in [2.45, 2.75) is 11.3 Å². The Morgan fingerprint density at radius 3 is 2.52 bits per heavy atom. The summed E-state index contributed by atoms with van der Waals surface area (Å²) in [4.78, 5) is 0. The summed E-state index contributed by atoms with van der Waals surface area (Å²) in [6.07, 6.45) is -4.70. The molecular formula is C11H5F5N4S. The molecule has 0 amide bonds. The zero-order valence-corrected chi connectivity index (χ0v) is 10.8. The predicted molar refractivity (Wildman–Crippen MR) is 64.0 cm³/mol. The Hall–Kier alpha value is -1.97. The van der Waals surface area contributed by atoms with E-state index < -0.39 is 23.6 Å². The van der Waals surface area contributed by atoms with Crippen molar-refractivity contribution in [3.63, 3.8) is 0 Å². The smallest absolute Gasteiger partial charge is 0.204 e. The quantitative estimate of drug-likeness (QED) is 0.759. The summed E-state index contributed by atoms with van der Waals surface area (Å²) in [6, 6.07) is 3.03. The van der Waals surface area contributed by atoms with Gasteiger partial charge in [0.1, 0.15) is 0 Å². The zero-order chi connectivity index (χ0) is 15.2. The Bertz CT molecular complexity index is 737. The molecule has 10 heteroatoms. The van der Waals surface area contributed by atoms with Crippen LogP contribution in [0.3, 0.4) is 0 Å². The van der Waals surface area contributed by atoms with E-state index in [0.29, 0.717) is 4.68 Å². The molecule has 0 radical (unpaired) electrons. The normalized spacial score (nSPS) is 14.8. The molecule has 0 N–H and O–H groups in total. The second-order valence-corrected chi connectivity index (χ2v) is 5.02. The molecule has 1 aliphatic heterocycles. The van der Waals surface area contributed by atoms with Gasteiger partial charge in [-0.3, -0.25) is 0 Å². The van der Waals surface area contributed by atoms with Gasteiger partial charge in [0.2, 0.25) is 5.16 Å². The number of nitrogens with zero attached hydrogens (tertiary/aromatic N) is 4. The van der Waals surface area contributed by atoms with Crippen molar-refractivity contribution in [3.8, 4) is 0 Å². The fourth-order valence-corrected chi connectivity index (χ4v) is 2.56. The number of halogens is 5. The zero-order valence-electron chi connectivity index (χ0n) is 10.0. The molecule has 1 aromatic carbocycles. The van der Waals surface area contributed by atoms with Crippen LogP contribution in [-0.4, -0.2) is 26.3 Å². The third-order valence-corrected chi connectivity index (χ3v) is 3.61. The number of rotatable bonds is 1. The van der Waals surface area contributed by atoms with E-state index in [-0.39, 0.29) is 22.2 Å². The van der Waals surface area contributed by atoms with Gasteiger partial charge in [-0.15, -0.1) is 10.2 Å². The van der Waals surface area contributed by atoms with E-state index in [1.54, 1.807) is 0 Å². The van der Waals surface area contributed by atoms with Crippen molar-refractivity contribution in [1.82, 2.24) is 14.9 Å². The fourth-order valence-electron chi connectivity index (χ4n) is 1.72. The lowest BCUT2D eigenvalue weighted by molar-refractivity contribution is -0.147. The van der Waals surface area contributed by atoms with Crippen LogP contribution < -0.4 is 0 Å². The summed E-state index contributed by atoms with van der Waals surface area (Å²) in [5, 5.41) is 10.2. The highest BCUT2D eigenvalue weighted by Crippen LogP contribution is 2.32. The van der Waals surface area contributed by atoms with Crippen molar-refractivity contribution in [3.05, 3.63) is 41.2 Å². The van der Waals surface area contributed by atoms with Gasteiger partial charge in [0, 0.05) is 11.3 Å².